The summed E-state index contributed by atoms with van der Waals surface area (Å²) in [6.07, 6.45) is 1.60. The minimum Gasteiger partial charge on any atom is -0.478 e. The first-order valence-electron chi connectivity index (χ1n) is 12.7. The number of carbonyl (C=O) groups is 4. The maximum Gasteiger partial charge on any atom is 0.335 e. The minimum atomic E-state index is -1.04. The van der Waals surface area contributed by atoms with Gasteiger partial charge in [-0.3, -0.25) is 14.4 Å². The van der Waals surface area contributed by atoms with Gasteiger partial charge in [0.15, 0.2) is 0 Å². The zero-order chi connectivity index (χ0) is 30.1. The predicted molar refractivity (Wildman–Crippen MR) is 168 cm³/mol. The van der Waals surface area contributed by atoms with Crippen molar-refractivity contribution in [3.63, 3.8) is 0 Å². The van der Waals surface area contributed by atoms with Gasteiger partial charge in [-0.2, -0.15) is 0 Å². The van der Waals surface area contributed by atoms with Gasteiger partial charge in [0.2, 0.25) is 5.91 Å². The molecule has 0 radical (unpaired) electrons. The summed E-state index contributed by atoms with van der Waals surface area (Å²) >= 11 is 4.72. The fraction of sp³-hybridized carbons (Fsp3) is 0.0625. The first-order valence-corrected chi connectivity index (χ1v) is 14.4. The molecule has 212 valence electrons. The topological polar surface area (TPSA) is 125 Å². The fourth-order valence-electron chi connectivity index (χ4n) is 3.68. The number of rotatable bonds is 10. The van der Waals surface area contributed by atoms with Crippen LogP contribution in [0.3, 0.4) is 0 Å². The highest BCUT2D eigenvalue weighted by atomic mass is 79.9. The number of carboxylic acids is 1. The average molecular weight is 645 g/mol. The monoisotopic (exact) mass is 643 g/mol. The van der Waals surface area contributed by atoms with Crippen molar-refractivity contribution in [1.82, 2.24) is 5.32 Å². The van der Waals surface area contributed by atoms with E-state index in [0.717, 1.165) is 14.9 Å². The quantitative estimate of drug-likeness (QED) is 0.113. The molecule has 42 heavy (non-hydrogen) atoms. The van der Waals surface area contributed by atoms with Crippen LogP contribution in [-0.2, 0) is 9.59 Å². The number of hydrogen-bond donors (Lipinski definition) is 4. The normalized spacial score (nSPS) is 11.7. The van der Waals surface area contributed by atoms with Crippen molar-refractivity contribution in [2.75, 3.05) is 10.6 Å². The molecule has 0 aliphatic rings. The first kappa shape index (κ1) is 30.3. The van der Waals surface area contributed by atoms with Crippen LogP contribution in [0.4, 0.5) is 11.4 Å². The molecular weight excluding hydrogens is 618 g/mol. The van der Waals surface area contributed by atoms with E-state index in [9.17, 15) is 19.2 Å². The SMILES string of the molecule is CC(Sc1ccc(NC(=O)/C(=C/c2ccc(Br)cc2)NC(=O)c2ccccc2)cc1)C(=O)Nc1ccc(C(=O)O)cc1. The number of carbonyl (C=O) groups excluding carboxylic acids is 3. The Morgan fingerprint density at radius 3 is 1.98 bits per heavy atom. The van der Waals surface area contributed by atoms with Crippen LogP contribution in [0, 0.1) is 0 Å². The first-order chi connectivity index (χ1) is 20.2. The minimum absolute atomic E-state index is 0.0753. The highest BCUT2D eigenvalue weighted by molar-refractivity contribution is 9.10. The third kappa shape index (κ3) is 8.66. The van der Waals surface area contributed by atoms with Gasteiger partial charge in [-0.15, -0.1) is 11.8 Å². The summed E-state index contributed by atoms with van der Waals surface area (Å²) in [4.78, 5) is 50.5. The van der Waals surface area contributed by atoms with Crippen molar-refractivity contribution < 1.29 is 24.3 Å². The number of thioether (sulfide) groups is 1. The van der Waals surface area contributed by atoms with Crippen LogP contribution in [0.2, 0.25) is 0 Å². The van der Waals surface area contributed by atoms with Gasteiger partial charge in [-0.1, -0.05) is 46.3 Å². The molecule has 10 heteroatoms. The Morgan fingerprint density at radius 1 is 0.762 bits per heavy atom. The van der Waals surface area contributed by atoms with Crippen LogP contribution >= 0.6 is 27.7 Å². The summed E-state index contributed by atoms with van der Waals surface area (Å²) in [7, 11) is 0. The second-order valence-corrected chi connectivity index (χ2v) is 11.4. The van der Waals surface area contributed by atoms with Crippen molar-refractivity contribution in [3.05, 3.63) is 130 Å². The van der Waals surface area contributed by atoms with E-state index in [-0.39, 0.29) is 17.2 Å². The summed E-state index contributed by atoms with van der Waals surface area (Å²) in [5.41, 5.74) is 2.37. The van der Waals surface area contributed by atoms with Crippen molar-refractivity contribution in [2.45, 2.75) is 17.1 Å². The number of nitrogens with one attached hydrogen (secondary N) is 3. The molecule has 0 spiro atoms. The van der Waals surface area contributed by atoms with Crippen LogP contribution in [0.5, 0.6) is 0 Å². The molecule has 4 aromatic rings. The molecule has 8 nitrogen and oxygen atoms in total. The van der Waals surface area contributed by atoms with Crippen LogP contribution in [0.15, 0.2) is 118 Å². The van der Waals surface area contributed by atoms with E-state index in [1.165, 1.54) is 36.0 Å². The van der Waals surface area contributed by atoms with Gasteiger partial charge >= 0.3 is 5.97 Å². The van der Waals surface area contributed by atoms with Crippen LogP contribution in [0.25, 0.3) is 6.08 Å². The molecule has 4 rings (SSSR count). The van der Waals surface area contributed by atoms with Crippen molar-refractivity contribution >= 4 is 68.8 Å². The molecule has 0 aliphatic carbocycles. The van der Waals surface area contributed by atoms with Gasteiger partial charge in [0.25, 0.3) is 11.8 Å². The lowest BCUT2D eigenvalue weighted by Crippen LogP contribution is -2.30. The van der Waals surface area contributed by atoms with Crippen LogP contribution < -0.4 is 16.0 Å². The molecule has 1 atom stereocenters. The third-order valence-corrected chi connectivity index (χ3v) is 7.54. The van der Waals surface area contributed by atoms with Gasteiger partial charge in [-0.05, 0) is 91.4 Å². The van der Waals surface area contributed by atoms with Crippen molar-refractivity contribution in [1.29, 1.82) is 0 Å². The summed E-state index contributed by atoms with van der Waals surface area (Å²) in [6, 6.07) is 28.9. The molecular formula is C32H26BrN3O5S. The molecule has 0 aliphatic heterocycles. The molecule has 0 heterocycles. The lowest BCUT2D eigenvalue weighted by Gasteiger charge is -2.14. The Balaban J connectivity index is 1.40. The van der Waals surface area contributed by atoms with Gasteiger partial charge in [0.05, 0.1) is 10.8 Å². The standard InChI is InChI=1S/C32H26BrN3O5S/c1-20(29(37)34-25-13-9-23(10-14-25)32(40)41)42-27-17-15-26(16-18-27)35-31(39)28(19-21-7-11-24(33)12-8-21)36-30(38)22-5-3-2-4-6-22/h2-20H,1H3,(H,34,37)(H,35,39)(H,36,38)(H,40,41)/b28-19-. The van der Waals surface area contributed by atoms with E-state index >= 15 is 0 Å². The number of anilines is 2. The van der Waals surface area contributed by atoms with Crippen molar-refractivity contribution in [2.24, 2.45) is 0 Å². The van der Waals surface area contributed by atoms with E-state index < -0.39 is 23.0 Å². The molecule has 0 bridgehead atoms. The molecule has 3 amide bonds. The van der Waals surface area contributed by atoms with Gasteiger partial charge < -0.3 is 21.1 Å². The molecule has 0 aromatic heterocycles. The van der Waals surface area contributed by atoms with E-state index in [2.05, 4.69) is 31.9 Å². The highest BCUT2D eigenvalue weighted by Crippen LogP contribution is 2.26. The largest absolute Gasteiger partial charge is 0.478 e. The lowest BCUT2D eigenvalue weighted by molar-refractivity contribution is -0.115. The van der Waals surface area contributed by atoms with E-state index in [1.54, 1.807) is 67.6 Å². The zero-order valence-electron chi connectivity index (χ0n) is 22.3. The van der Waals surface area contributed by atoms with E-state index in [1.807, 2.05) is 24.3 Å². The average Bonchev–Trinajstić information content (AvgIpc) is 2.99. The number of hydrogen-bond acceptors (Lipinski definition) is 5. The van der Waals surface area contributed by atoms with Gasteiger partial charge in [-0.25, -0.2) is 4.79 Å². The second kappa shape index (κ2) is 14.3. The number of aromatic carboxylic acids is 1. The maximum atomic E-state index is 13.2. The number of amides is 3. The molecule has 4 N–H and O–H groups in total. The maximum absolute atomic E-state index is 13.2. The van der Waals surface area contributed by atoms with Crippen molar-refractivity contribution in [3.8, 4) is 0 Å². The molecule has 0 fully saturated rings. The van der Waals surface area contributed by atoms with Gasteiger partial charge in [0.1, 0.15) is 5.70 Å². The summed E-state index contributed by atoms with van der Waals surface area (Å²) in [5.74, 6) is -2.18. The Bertz CT molecular complexity index is 1610. The third-order valence-electron chi connectivity index (χ3n) is 5.90. The van der Waals surface area contributed by atoms with Crippen LogP contribution in [-0.4, -0.2) is 34.0 Å². The molecule has 1 unspecified atom stereocenters. The second-order valence-electron chi connectivity index (χ2n) is 9.04. The zero-order valence-corrected chi connectivity index (χ0v) is 24.7. The summed E-state index contributed by atoms with van der Waals surface area (Å²) in [5, 5.41) is 16.9. The fourth-order valence-corrected chi connectivity index (χ4v) is 4.81. The Labute approximate surface area is 255 Å². The highest BCUT2D eigenvalue weighted by Gasteiger charge is 2.17. The predicted octanol–water partition coefficient (Wildman–Crippen LogP) is 6.68. The number of halogens is 1. The number of benzene rings is 4. The Hall–Kier alpha value is -4.67. The summed E-state index contributed by atoms with van der Waals surface area (Å²) in [6.45, 7) is 1.76. The van der Waals surface area contributed by atoms with Crippen LogP contribution in [0.1, 0.15) is 33.2 Å². The molecule has 4 aromatic carbocycles. The Morgan fingerprint density at radius 2 is 1.36 bits per heavy atom. The van der Waals surface area contributed by atoms with Gasteiger partial charge in [0, 0.05) is 26.3 Å². The Kier molecular flexibility index (Phi) is 10.3. The van der Waals surface area contributed by atoms with E-state index in [0.29, 0.717) is 16.9 Å². The number of carboxylic acid groups (broad SMARTS) is 1. The summed E-state index contributed by atoms with van der Waals surface area (Å²) < 4.78 is 0.887. The lowest BCUT2D eigenvalue weighted by atomic mass is 10.1. The molecule has 0 saturated heterocycles. The molecule has 0 saturated carbocycles. The smallest absolute Gasteiger partial charge is 0.335 e. The van der Waals surface area contributed by atoms with E-state index in [4.69, 9.17) is 5.11 Å².